The molecule has 0 bridgehead atoms. The molecule has 3 aromatic rings. The average molecular weight is 649 g/mol. The Hall–Kier alpha value is -3.45. The number of carbonyl (C=O) groups excluding carboxylic acids is 1. The summed E-state index contributed by atoms with van der Waals surface area (Å²) in [4.78, 5) is 15.4. The van der Waals surface area contributed by atoms with Crippen LogP contribution in [0.25, 0.3) is 0 Å². The Bertz CT molecular complexity index is 1500. The first-order valence-electron chi connectivity index (χ1n) is 14.8. The van der Waals surface area contributed by atoms with E-state index < -0.39 is 33.5 Å². The summed E-state index contributed by atoms with van der Waals surface area (Å²) in [5, 5.41) is 12.8. The normalized spacial score (nSPS) is 18.0. The molecular formula is C33H39F3N2O6S. The van der Waals surface area contributed by atoms with Crippen molar-refractivity contribution in [1.82, 2.24) is 5.32 Å². The number of methoxy groups -OCH3 is 1. The molecule has 8 nitrogen and oxygen atoms in total. The number of amides is 1. The molecular weight excluding hydrogens is 609 g/mol. The number of carbonyl (C=O) groups is 1. The molecule has 1 aliphatic rings. The topological polar surface area (TPSA) is 105 Å². The van der Waals surface area contributed by atoms with Crippen LogP contribution in [0.15, 0.2) is 77.7 Å². The van der Waals surface area contributed by atoms with E-state index in [0.717, 1.165) is 36.2 Å². The van der Waals surface area contributed by atoms with Crippen LogP contribution in [0.3, 0.4) is 0 Å². The molecule has 1 heterocycles. The average Bonchev–Trinajstić information content (AvgIpc) is 3.05. The Morgan fingerprint density at radius 2 is 1.67 bits per heavy atom. The first-order valence-corrected chi connectivity index (χ1v) is 16.5. The van der Waals surface area contributed by atoms with Crippen molar-refractivity contribution >= 4 is 21.4 Å². The molecule has 0 spiro atoms. The van der Waals surface area contributed by atoms with Gasteiger partial charge in [-0.3, -0.25) is 4.79 Å². The minimum Gasteiger partial charge on any atom is -0.394 e. The molecule has 1 aliphatic heterocycles. The molecule has 2 N–H and O–H groups in total. The van der Waals surface area contributed by atoms with Crippen LogP contribution >= 0.6 is 0 Å². The summed E-state index contributed by atoms with van der Waals surface area (Å²) < 4.78 is 74.5. The third kappa shape index (κ3) is 8.84. The van der Waals surface area contributed by atoms with Crippen LogP contribution in [0.5, 0.6) is 0 Å². The molecule has 0 saturated carbocycles. The third-order valence-electron chi connectivity index (χ3n) is 8.13. The molecule has 3 atom stereocenters. The fourth-order valence-electron chi connectivity index (χ4n) is 5.45. The lowest BCUT2D eigenvalue weighted by molar-refractivity contribution is -0.137. The van der Waals surface area contributed by atoms with Crippen LogP contribution in [-0.2, 0) is 25.5 Å². The van der Waals surface area contributed by atoms with Gasteiger partial charge in [0.2, 0.25) is 0 Å². The minimum absolute atomic E-state index is 0.00879. The molecule has 0 aliphatic carbocycles. The summed E-state index contributed by atoms with van der Waals surface area (Å²) in [6.07, 6.45) is -2.85. The summed E-state index contributed by atoms with van der Waals surface area (Å²) in [5.74, 6) is -0.432. The second kappa shape index (κ2) is 15.2. The Morgan fingerprint density at radius 1 is 1.00 bits per heavy atom. The van der Waals surface area contributed by atoms with Gasteiger partial charge in [-0.05, 0) is 72.5 Å². The highest BCUT2D eigenvalue weighted by Gasteiger charge is 2.32. The smallest absolute Gasteiger partial charge is 0.394 e. The van der Waals surface area contributed by atoms with Gasteiger partial charge in [0, 0.05) is 30.8 Å². The Labute approximate surface area is 262 Å². The highest BCUT2D eigenvalue weighted by Crippen LogP contribution is 2.36. The molecule has 12 heteroatoms. The number of benzene rings is 3. The van der Waals surface area contributed by atoms with Gasteiger partial charge in [-0.2, -0.15) is 13.2 Å². The highest BCUT2D eigenvalue weighted by molar-refractivity contribution is 7.91. The minimum atomic E-state index is -4.39. The van der Waals surface area contributed by atoms with E-state index in [1.807, 2.05) is 12.1 Å². The van der Waals surface area contributed by atoms with E-state index in [-0.39, 0.29) is 29.2 Å². The maximum absolute atomic E-state index is 13.1. The molecule has 1 amide bonds. The molecule has 244 valence electrons. The fourth-order valence-corrected chi connectivity index (χ4v) is 6.33. The Kier molecular flexibility index (Phi) is 11.6. The number of nitrogens with one attached hydrogen (secondary N) is 1. The molecule has 4 rings (SSSR count). The predicted octanol–water partition coefficient (Wildman–Crippen LogP) is 5.38. The van der Waals surface area contributed by atoms with Crippen molar-refractivity contribution in [3.05, 3.63) is 95.1 Å². The number of hydrogen-bond donors (Lipinski definition) is 2. The van der Waals surface area contributed by atoms with E-state index in [0.29, 0.717) is 37.5 Å². The first kappa shape index (κ1) is 34.4. The zero-order valence-electron chi connectivity index (χ0n) is 25.3. The second-order valence-electron chi connectivity index (χ2n) is 11.0. The lowest BCUT2D eigenvalue weighted by atomic mass is 9.86. The van der Waals surface area contributed by atoms with Gasteiger partial charge in [-0.25, -0.2) is 8.42 Å². The monoisotopic (exact) mass is 648 g/mol. The standard InChI is InChI=1S/C33H39F3N2O6S/c1-3-45(41,42)30-16-9-24(10-17-30)31(21-39)37-32(40)25-6-13-28(14-7-25)38-20-26(8-15-29(38)22-44-19-18-43-2)23-4-11-27(12-5-23)33(34,35)36/h4-7,9-14,16-17,26,29,31,39H,3,8,15,18-22H2,1-2H3,(H,37,40)/t26?,29-,31-/m0/s1. The van der Waals surface area contributed by atoms with Crippen molar-refractivity contribution in [3.8, 4) is 0 Å². The molecule has 1 fully saturated rings. The van der Waals surface area contributed by atoms with Gasteiger partial charge in [0.05, 0.1) is 54.7 Å². The van der Waals surface area contributed by atoms with Gasteiger partial charge in [0.25, 0.3) is 5.91 Å². The number of nitrogens with zero attached hydrogens (tertiary/aromatic N) is 1. The number of hydrogen-bond acceptors (Lipinski definition) is 7. The predicted molar refractivity (Wildman–Crippen MR) is 165 cm³/mol. The number of rotatable bonds is 13. The quantitative estimate of drug-likeness (QED) is 0.240. The van der Waals surface area contributed by atoms with E-state index in [1.54, 1.807) is 50.4 Å². The van der Waals surface area contributed by atoms with Gasteiger partial charge >= 0.3 is 6.18 Å². The number of halogens is 3. The third-order valence-corrected chi connectivity index (χ3v) is 9.88. The number of anilines is 1. The largest absolute Gasteiger partial charge is 0.416 e. The van der Waals surface area contributed by atoms with Gasteiger partial charge in [0.1, 0.15) is 0 Å². The molecule has 45 heavy (non-hydrogen) atoms. The van der Waals surface area contributed by atoms with Crippen molar-refractivity contribution in [2.75, 3.05) is 50.7 Å². The summed E-state index contributed by atoms with van der Waals surface area (Å²) in [6, 6.07) is 17.7. The summed E-state index contributed by atoms with van der Waals surface area (Å²) in [7, 11) is -1.78. The van der Waals surface area contributed by atoms with Gasteiger partial charge < -0.3 is 24.8 Å². The lowest BCUT2D eigenvalue weighted by Crippen LogP contribution is -2.45. The zero-order valence-corrected chi connectivity index (χ0v) is 26.1. The zero-order chi connectivity index (χ0) is 32.6. The van der Waals surface area contributed by atoms with Gasteiger partial charge in [-0.15, -0.1) is 0 Å². The van der Waals surface area contributed by atoms with E-state index in [4.69, 9.17) is 9.47 Å². The summed E-state index contributed by atoms with van der Waals surface area (Å²) in [6.45, 7) is 3.08. The van der Waals surface area contributed by atoms with Crippen molar-refractivity contribution in [3.63, 3.8) is 0 Å². The van der Waals surface area contributed by atoms with E-state index in [1.165, 1.54) is 12.1 Å². The molecule has 1 saturated heterocycles. The Balaban J connectivity index is 1.48. The van der Waals surface area contributed by atoms with E-state index in [2.05, 4.69) is 10.2 Å². The van der Waals surface area contributed by atoms with E-state index >= 15 is 0 Å². The number of ether oxygens (including phenoxy) is 2. The first-order chi connectivity index (χ1) is 21.5. The number of piperidine rings is 1. The summed E-state index contributed by atoms with van der Waals surface area (Å²) in [5.41, 5.74) is 1.93. The Morgan fingerprint density at radius 3 is 2.24 bits per heavy atom. The molecule has 0 radical (unpaired) electrons. The van der Waals surface area contributed by atoms with Crippen molar-refractivity contribution in [2.24, 2.45) is 0 Å². The van der Waals surface area contributed by atoms with Gasteiger partial charge in [-0.1, -0.05) is 31.2 Å². The second-order valence-corrected chi connectivity index (χ2v) is 13.3. The number of sulfone groups is 1. The number of aliphatic hydroxyl groups excluding tert-OH is 1. The van der Waals surface area contributed by atoms with Crippen molar-refractivity contribution < 1.29 is 41.0 Å². The highest BCUT2D eigenvalue weighted by atomic mass is 32.2. The van der Waals surface area contributed by atoms with Crippen molar-refractivity contribution in [2.45, 2.75) is 48.8 Å². The number of aliphatic hydroxyl groups is 1. The fraction of sp³-hybridized carbons (Fsp3) is 0.424. The maximum atomic E-state index is 13.1. The van der Waals surface area contributed by atoms with Gasteiger partial charge in [0.15, 0.2) is 9.84 Å². The van der Waals surface area contributed by atoms with Crippen LogP contribution in [0.2, 0.25) is 0 Å². The SMILES string of the molecule is CCS(=O)(=O)c1ccc([C@H](CO)NC(=O)c2ccc(N3CC(c4ccc(C(F)(F)F)cc4)CC[C@H]3COCCOC)cc2)cc1. The van der Waals surface area contributed by atoms with E-state index in [9.17, 15) is 31.5 Å². The summed E-state index contributed by atoms with van der Waals surface area (Å²) >= 11 is 0. The van der Waals surface area contributed by atoms with Crippen molar-refractivity contribution in [1.29, 1.82) is 0 Å². The van der Waals surface area contributed by atoms with Crippen LogP contribution in [0.4, 0.5) is 18.9 Å². The van der Waals surface area contributed by atoms with Crippen LogP contribution in [0.1, 0.15) is 58.8 Å². The molecule has 0 aromatic heterocycles. The number of alkyl halides is 3. The lowest BCUT2D eigenvalue weighted by Gasteiger charge is -2.41. The molecule has 3 aromatic carbocycles. The van der Waals surface area contributed by atoms with Crippen LogP contribution in [0, 0.1) is 0 Å². The maximum Gasteiger partial charge on any atom is 0.416 e. The van der Waals surface area contributed by atoms with Crippen LogP contribution < -0.4 is 10.2 Å². The molecule has 1 unspecified atom stereocenters. The van der Waals surface area contributed by atoms with Crippen LogP contribution in [-0.4, -0.2) is 71.3 Å².